The van der Waals surface area contributed by atoms with Gasteiger partial charge in [0.1, 0.15) is 11.6 Å². The molecule has 0 bridgehead atoms. The molecule has 1 heterocycles. The van der Waals surface area contributed by atoms with Gasteiger partial charge in [-0.3, -0.25) is 4.79 Å². The van der Waals surface area contributed by atoms with E-state index in [0.717, 1.165) is 29.8 Å². The molecule has 3 rings (SSSR count). The van der Waals surface area contributed by atoms with Crippen molar-refractivity contribution in [2.75, 3.05) is 23.9 Å². The molecule has 1 aliphatic heterocycles. The van der Waals surface area contributed by atoms with Gasteiger partial charge in [-0.2, -0.15) is 0 Å². The number of piperidine rings is 1. The summed E-state index contributed by atoms with van der Waals surface area (Å²) in [5.41, 5.74) is 2.43. The predicted octanol–water partition coefficient (Wildman–Crippen LogP) is 3.84. The van der Waals surface area contributed by atoms with Gasteiger partial charge in [-0.1, -0.05) is 12.1 Å². The van der Waals surface area contributed by atoms with E-state index >= 15 is 0 Å². The minimum absolute atomic E-state index is 0.105. The molecule has 0 aromatic heterocycles. The number of benzene rings is 2. The fourth-order valence-electron chi connectivity index (χ4n) is 3.00. The van der Waals surface area contributed by atoms with Crippen molar-refractivity contribution in [3.63, 3.8) is 0 Å². The molecule has 0 saturated carbocycles. The van der Waals surface area contributed by atoms with Crippen molar-refractivity contribution >= 4 is 34.6 Å². The number of carbonyl (C=O) groups excluding carboxylic acids is 1. The average molecular weight is 387 g/mol. The lowest BCUT2D eigenvalue weighted by atomic mass is 10.1. The Labute approximate surface area is 163 Å². The molecular weight excluding hydrogens is 365 g/mol. The second-order valence-electron chi connectivity index (χ2n) is 6.32. The van der Waals surface area contributed by atoms with E-state index in [1.54, 1.807) is 24.1 Å². The van der Waals surface area contributed by atoms with Crippen LogP contribution in [0.3, 0.4) is 0 Å². The number of hydrogen-bond donors (Lipinski definition) is 2. The zero-order valence-corrected chi connectivity index (χ0v) is 15.9. The van der Waals surface area contributed by atoms with Crippen molar-refractivity contribution in [1.29, 1.82) is 0 Å². The fraction of sp³-hybridized carbons (Fsp3) is 0.300. The molecule has 0 atom stereocenters. The standard InChI is InChI=1S/C20H22FN3O2S/c1-26-18-10-9-16(12-17(18)24-11-3-2-4-19(24)25)23-20(27)22-13-14-5-7-15(21)8-6-14/h5-10,12H,2-4,11,13H2,1H3,(H2,22,23,27). The zero-order chi connectivity index (χ0) is 19.2. The van der Waals surface area contributed by atoms with E-state index in [1.165, 1.54) is 12.1 Å². The van der Waals surface area contributed by atoms with E-state index in [4.69, 9.17) is 17.0 Å². The average Bonchev–Trinajstić information content (AvgIpc) is 2.68. The molecule has 0 aliphatic carbocycles. The van der Waals surface area contributed by atoms with Gasteiger partial charge in [0.2, 0.25) is 5.91 Å². The highest BCUT2D eigenvalue weighted by molar-refractivity contribution is 7.80. The monoisotopic (exact) mass is 387 g/mol. The first-order chi connectivity index (χ1) is 13.1. The minimum atomic E-state index is -0.266. The summed E-state index contributed by atoms with van der Waals surface area (Å²) in [4.78, 5) is 14.0. The molecule has 1 saturated heterocycles. The number of anilines is 2. The van der Waals surface area contributed by atoms with E-state index in [2.05, 4.69) is 10.6 Å². The number of rotatable bonds is 5. The lowest BCUT2D eigenvalue weighted by molar-refractivity contribution is -0.119. The number of thiocarbonyl (C=S) groups is 1. The maximum Gasteiger partial charge on any atom is 0.227 e. The van der Waals surface area contributed by atoms with Crippen molar-refractivity contribution in [3.8, 4) is 5.75 Å². The maximum absolute atomic E-state index is 13.0. The SMILES string of the molecule is COc1ccc(NC(=S)NCc2ccc(F)cc2)cc1N1CCCCC1=O. The number of ether oxygens (including phenoxy) is 1. The Morgan fingerprint density at radius 3 is 2.70 bits per heavy atom. The second-order valence-corrected chi connectivity index (χ2v) is 6.73. The van der Waals surface area contributed by atoms with Crippen molar-refractivity contribution in [3.05, 3.63) is 53.8 Å². The van der Waals surface area contributed by atoms with Crippen LogP contribution in [0.1, 0.15) is 24.8 Å². The lowest BCUT2D eigenvalue weighted by Crippen LogP contribution is -2.35. The van der Waals surface area contributed by atoms with Crippen LogP contribution < -0.4 is 20.3 Å². The van der Waals surface area contributed by atoms with E-state index in [0.29, 0.717) is 30.4 Å². The summed E-state index contributed by atoms with van der Waals surface area (Å²) in [5, 5.41) is 6.66. The largest absolute Gasteiger partial charge is 0.495 e. The molecule has 0 radical (unpaired) electrons. The molecule has 0 unspecified atom stereocenters. The fourth-order valence-corrected chi connectivity index (χ4v) is 3.19. The summed E-state index contributed by atoms with van der Waals surface area (Å²) in [7, 11) is 1.59. The van der Waals surface area contributed by atoms with E-state index in [9.17, 15) is 9.18 Å². The molecule has 1 fully saturated rings. The van der Waals surface area contributed by atoms with Gasteiger partial charge in [-0.05, 0) is 61.0 Å². The number of amides is 1. The Morgan fingerprint density at radius 2 is 2.00 bits per heavy atom. The van der Waals surface area contributed by atoms with Gasteiger partial charge in [0.05, 0.1) is 12.8 Å². The third-order valence-electron chi connectivity index (χ3n) is 4.42. The summed E-state index contributed by atoms with van der Waals surface area (Å²) in [5.74, 6) is 0.493. The number of nitrogens with zero attached hydrogens (tertiary/aromatic N) is 1. The Bertz CT molecular complexity index is 826. The molecular formula is C20H22FN3O2S. The molecule has 27 heavy (non-hydrogen) atoms. The highest BCUT2D eigenvalue weighted by Crippen LogP contribution is 2.33. The van der Waals surface area contributed by atoms with Crippen LogP contribution in [-0.4, -0.2) is 24.7 Å². The normalized spacial score (nSPS) is 14.0. The first-order valence-corrected chi connectivity index (χ1v) is 9.25. The summed E-state index contributed by atoms with van der Waals surface area (Å²) in [6.07, 6.45) is 2.45. The van der Waals surface area contributed by atoms with Crippen LogP contribution in [0.5, 0.6) is 5.75 Å². The van der Waals surface area contributed by atoms with Crippen LogP contribution in [0.25, 0.3) is 0 Å². The Kier molecular flexibility index (Phi) is 6.24. The van der Waals surface area contributed by atoms with Gasteiger partial charge in [0.15, 0.2) is 5.11 Å². The van der Waals surface area contributed by atoms with Crippen LogP contribution in [0.4, 0.5) is 15.8 Å². The smallest absolute Gasteiger partial charge is 0.227 e. The van der Waals surface area contributed by atoms with Crippen LogP contribution >= 0.6 is 12.2 Å². The second kappa shape index (κ2) is 8.81. The predicted molar refractivity (Wildman–Crippen MR) is 109 cm³/mol. The first kappa shape index (κ1) is 19.1. The van der Waals surface area contributed by atoms with Crippen LogP contribution in [0.2, 0.25) is 0 Å². The number of nitrogens with one attached hydrogen (secondary N) is 2. The van der Waals surface area contributed by atoms with Gasteiger partial charge in [0, 0.05) is 25.2 Å². The quantitative estimate of drug-likeness (QED) is 0.764. The van der Waals surface area contributed by atoms with Crippen LogP contribution in [-0.2, 0) is 11.3 Å². The number of carbonyl (C=O) groups is 1. The number of halogens is 1. The van der Waals surface area contributed by atoms with Gasteiger partial charge in [-0.15, -0.1) is 0 Å². The molecule has 2 N–H and O–H groups in total. The van der Waals surface area contributed by atoms with Crippen molar-refractivity contribution in [2.45, 2.75) is 25.8 Å². The van der Waals surface area contributed by atoms with E-state index < -0.39 is 0 Å². The van der Waals surface area contributed by atoms with Crippen molar-refractivity contribution < 1.29 is 13.9 Å². The van der Waals surface area contributed by atoms with Gasteiger partial charge in [0.25, 0.3) is 0 Å². The first-order valence-electron chi connectivity index (χ1n) is 8.84. The zero-order valence-electron chi connectivity index (χ0n) is 15.1. The molecule has 5 nitrogen and oxygen atoms in total. The van der Waals surface area contributed by atoms with E-state index in [-0.39, 0.29) is 11.7 Å². The van der Waals surface area contributed by atoms with E-state index in [1.807, 2.05) is 18.2 Å². The summed E-state index contributed by atoms with van der Waals surface area (Å²) in [6, 6.07) is 11.8. The highest BCUT2D eigenvalue weighted by Gasteiger charge is 2.22. The summed E-state index contributed by atoms with van der Waals surface area (Å²) < 4.78 is 18.4. The molecule has 142 valence electrons. The van der Waals surface area contributed by atoms with Gasteiger partial charge < -0.3 is 20.3 Å². The summed E-state index contributed by atoms with van der Waals surface area (Å²) >= 11 is 5.34. The van der Waals surface area contributed by atoms with Gasteiger partial charge >= 0.3 is 0 Å². The molecule has 0 spiro atoms. The lowest BCUT2D eigenvalue weighted by Gasteiger charge is -2.28. The molecule has 2 aromatic carbocycles. The summed E-state index contributed by atoms with van der Waals surface area (Å²) in [6.45, 7) is 1.17. The van der Waals surface area contributed by atoms with Crippen molar-refractivity contribution in [2.24, 2.45) is 0 Å². The van der Waals surface area contributed by atoms with Crippen LogP contribution in [0.15, 0.2) is 42.5 Å². The third-order valence-corrected chi connectivity index (χ3v) is 4.66. The Hall–Kier alpha value is -2.67. The topological polar surface area (TPSA) is 53.6 Å². The van der Waals surface area contributed by atoms with Crippen LogP contribution in [0, 0.1) is 5.82 Å². The molecule has 2 aromatic rings. The molecule has 1 amide bonds. The highest BCUT2D eigenvalue weighted by atomic mass is 32.1. The maximum atomic E-state index is 13.0. The number of methoxy groups -OCH3 is 1. The molecule has 7 heteroatoms. The molecule has 1 aliphatic rings. The Balaban J connectivity index is 1.67. The minimum Gasteiger partial charge on any atom is -0.495 e. The third kappa shape index (κ3) is 4.95. The van der Waals surface area contributed by atoms with Crippen molar-refractivity contribution in [1.82, 2.24) is 5.32 Å². The number of hydrogen-bond acceptors (Lipinski definition) is 3. The Morgan fingerprint density at radius 1 is 1.22 bits per heavy atom. The van der Waals surface area contributed by atoms with Gasteiger partial charge in [-0.25, -0.2) is 4.39 Å².